The van der Waals surface area contributed by atoms with Gasteiger partial charge in [0.2, 0.25) is 0 Å². The molecule has 0 atom stereocenters. The molecule has 13 heteroatoms. The smallest absolute Gasteiger partial charge is 0.281 e. The number of thiophene rings is 1. The molecule has 0 amide bonds. The Morgan fingerprint density at radius 3 is 2.34 bits per heavy atom. The first-order valence-electron chi connectivity index (χ1n) is 14.1. The quantitative estimate of drug-likeness (QED) is 0.109. The summed E-state index contributed by atoms with van der Waals surface area (Å²) in [4.78, 5) is 4.31. The highest BCUT2D eigenvalue weighted by atomic mass is 32.2. The molecule has 44 heavy (non-hydrogen) atoms. The van der Waals surface area contributed by atoms with Gasteiger partial charge < -0.3 is 4.90 Å². The lowest BCUT2D eigenvalue weighted by molar-refractivity contribution is -0.666. The van der Waals surface area contributed by atoms with Crippen molar-refractivity contribution in [3.63, 3.8) is 0 Å². The molecule has 0 unspecified atom stereocenters. The molecular weight excluding hydrogens is 657 g/mol. The molecule has 2 aromatic heterocycles. The summed E-state index contributed by atoms with van der Waals surface area (Å²) in [6, 6.07) is 20.5. The SMILES string of the molecule is CCC(=Cc1sc2c3ccccc3sc2[n+]1CCCS(=O)(=O)O)C=C1Sc2ccc3ccccc3c2N1CCCS(=O)(=O)O. The second kappa shape index (κ2) is 12.5. The highest BCUT2D eigenvalue weighted by Crippen LogP contribution is 2.50. The molecule has 1 aliphatic rings. The van der Waals surface area contributed by atoms with Gasteiger partial charge in [0.15, 0.2) is 6.54 Å². The number of fused-ring (bicyclic) bond motifs is 6. The average Bonchev–Trinajstić information content (AvgIpc) is 3.61. The first-order valence-corrected chi connectivity index (χ1v) is 19.8. The number of hydrogen-bond acceptors (Lipinski definition) is 8. The number of aromatic nitrogens is 1. The van der Waals surface area contributed by atoms with Crippen LogP contribution >= 0.6 is 34.4 Å². The van der Waals surface area contributed by atoms with Crippen LogP contribution in [0.4, 0.5) is 5.69 Å². The molecule has 1 aliphatic heterocycles. The third-order valence-electron chi connectivity index (χ3n) is 7.46. The molecule has 0 bridgehead atoms. The van der Waals surface area contributed by atoms with Gasteiger partial charge in [-0.05, 0) is 42.0 Å². The first-order chi connectivity index (χ1) is 21.0. The molecular formula is C31H31N2O6S5+. The molecule has 0 saturated carbocycles. The van der Waals surface area contributed by atoms with Crippen LogP contribution in [0.1, 0.15) is 31.2 Å². The minimum atomic E-state index is -4.08. The number of nitrogens with zero attached hydrogens (tertiary/aromatic N) is 2. The van der Waals surface area contributed by atoms with Crippen molar-refractivity contribution in [3.05, 3.63) is 82.3 Å². The lowest BCUT2D eigenvalue weighted by Gasteiger charge is -2.22. The van der Waals surface area contributed by atoms with E-state index in [2.05, 4.69) is 64.9 Å². The van der Waals surface area contributed by atoms with Gasteiger partial charge in [-0.2, -0.15) is 21.4 Å². The predicted molar refractivity (Wildman–Crippen MR) is 183 cm³/mol. The monoisotopic (exact) mass is 687 g/mol. The molecule has 2 N–H and O–H groups in total. The van der Waals surface area contributed by atoms with E-state index in [4.69, 9.17) is 0 Å². The van der Waals surface area contributed by atoms with E-state index >= 15 is 0 Å². The van der Waals surface area contributed by atoms with Crippen LogP contribution < -0.4 is 9.47 Å². The van der Waals surface area contributed by atoms with Crippen molar-refractivity contribution in [1.29, 1.82) is 0 Å². The lowest BCUT2D eigenvalue weighted by Crippen LogP contribution is -2.35. The van der Waals surface area contributed by atoms with Crippen molar-refractivity contribution in [2.45, 2.75) is 37.6 Å². The van der Waals surface area contributed by atoms with Gasteiger partial charge in [0.25, 0.3) is 30.1 Å². The summed E-state index contributed by atoms with van der Waals surface area (Å²) in [5.41, 5.74) is 2.10. The van der Waals surface area contributed by atoms with Gasteiger partial charge in [-0.1, -0.05) is 89.9 Å². The van der Waals surface area contributed by atoms with E-state index in [9.17, 15) is 25.9 Å². The molecule has 5 aromatic rings. The second-order valence-electron chi connectivity index (χ2n) is 10.5. The second-order valence-corrected chi connectivity index (χ2v) is 16.8. The zero-order valence-corrected chi connectivity index (χ0v) is 27.9. The fourth-order valence-electron chi connectivity index (χ4n) is 5.44. The number of anilines is 1. The number of thioether (sulfide) groups is 1. The summed E-state index contributed by atoms with van der Waals surface area (Å²) in [6.45, 7) is 2.95. The van der Waals surface area contributed by atoms with E-state index in [1.807, 2.05) is 24.3 Å². The van der Waals surface area contributed by atoms with Crippen molar-refractivity contribution in [2.75, 3.05) is 23.0 Å². The van der Waals surface area contributed by atoms with Crippen LogP contribution in [0.3, 0.4) is 0 Å². The summed E-state index contributed by atoms with van der Waals surface area (Å²) in [5, 5.41) is 5.30. The molecule has 0 aliphatic carbocycles. The molecule has 8 nitrogen and oxygen atoms in total. The van der Waals surface area contributed by atoms with Crippen LogP contribution in [0.5, 0.6) is 0 Å². The molecule has 0 spiro atoms. The summed E-state index contributed by atoms with van der Waals surface area (Å²) >= 11 is 4.98. The summed E-state index contributed by atoms with van der Waals surface area (Å²) in [5.74, 6) is -0.626. The normalized spacial score (nSPS) is 15.3. The number of rotatable bonds is 11. The van der Waals surface area contributed by atoms with Gasteiger partial charge in [0, 0.05) is 39.4 Å². The average molecular weight is 688 g/mol. The van der Waals surface area contributed by atoms with Gasteiger partial charge in [0.1, 0.15) is 4.70 Å². The predicted octanol–water partition coefficient (Wildman–Crippen LogP) is 7.36. The largest absolute Gasteiger partial charge is 0.334 e. The Bertz CT molecular complexity index is 2160. The van der Waals surface area contributed by atoms with E-state index in [0.717, 1.165) is 58.3 Å². The van der Waals surface area contributed by atoms with Crippen LogP contribution in [0, 0.1) is 0 Å². The third kappa shape index (κ3) is 6.74. The highest BCUT2D eigenvalue weighted by Gasteiger charge is 2.28. The Morgan fingerprint density at radius 1 is 0.886 bits per heavy atom. The standard InChI is InChI=1S/C31H30N2O6S5/c1-2-21(20-28-33(16-8-18-44(37,38)39)31-30(42-28)24-11-5-6-12-25(24)41-31)19-27-32(15-7-17-43(34,35)36)29-23-10-4-3-9-22(23)13-14-26(29)40-27/h3-6,9-14,19-20H,2,7-8,15-18H2,1H3,(H-,34,35,36,37,38,39)/p+1. The van der Waals surface area contributed by atoms with Crippen molar-refractivity contribution >= 4 is 96.8 Å². The molecule has 6 rings (SSSR count). The van der Waals surface area contributed by atoms with Crippen LogP contribution in [-0.4, -0.2) is 44.0 Å². The molecule has 0 fully saturated rings. The Labute approximate surface area is 268 Å². The zero-order chi connectivity index (χ0) is 31.1. The number of aryl methyl sites for hydroxylation is 1. The molecule has 0 saturated heterocycles. The fourth-order valence-corrected chi connectivity index (χ4v) is 10.3. The maximum atomic E-state index is 11.5. The highest BCUT2D eigenvalue weighted by molar-refractivity contribution is 8.03. The maximum absolute atomic E-state index is 11.5. The number of thiazole rings is 1. The first kappa shape index (κ1) is 31.2. The minimum absolute atomic E-state index is 0.270. The fraction of sp³-hybridized carbons (Fsp3) is 0.258. The molecule has 230 valence electrons. The maximum Gasteiger partial charge on any atom is 0.281 e. The number of benzene rings is 3. The van der Waals surface area contributed by atoms with Gasteiger partial charge in [-0.15, -0.1) is 0 Å². The van der Waals surface area contributed by atoms with E-state index in [-0.39, 0.29) is 24.3 Å². The van der Waals surface area contributed by atoms with Crippen LogP contribution in [-0.2, 0) is 26.8 Å². The zero-order valence-electron chi connectivity index (χ0n) is 23.8. The van der Waals surface area contributed by atoms with Crippen LogP contribution in [0.2, 0.25) is 0 Å². The Kier molecular flexibility index (Phi) is 8.90. The molecule has 3 aromatic carbocycles. The Hall–Kier alpha value is -2.78. The van der Waals surface area contributed by atoms with E-state index in [0.29, 0.717) is 13.1 Å². The lowest BCUT2D eigenvalue weighted by atomic mass is 10.1. The molecule has 0 radical (unpaired) electrons. The summed E-state index contributed by atoms with van der Waals surface area (Å²) in [6.07, 6.45) is 5.57. The van der Waals surface area contributed by atoms with Gasteiger partial charge >= 0.3 is 0 Å². The van der Waals surface area contributed by atoms with E-state index < -0.39 is 20.2 Å². The van der Waals surface area contributed by atoms with Crippen molar-refractivity contribution in [2.24, 2.45) is 0 Å². The van der Waals surface area contributed by atoms with E-state index in [1.54, 1.807) is 34.4 Å². The summed E-state index contributed by atoms with van der Waals surface area (Å²) in [7, 11) is -8.15. The van der Waals surface area contributed by atoms with Crippen molar-refractivity contribution < 1.29 is 30.5 Å². The van der Waals surface area contributed by atoms with Gasteiger partial charge in [-0.3, -0.25) is 9.11 Å². The van der Waals surface area contributed by atoms with Crippen LogP contribution in [0.15, 0.2) is 82.2 Å². The van der Waals surface area contributed by atoms with Gasteiger partial charge in [-0.25, -0.2) is 0 Å². The summed E-state index contributed by atoms with van der Waals surface area (Å²) < 4.78 is 69.2. The van der Waals surface area contributed by atoms with Crippen LogP contribution in [0.25, 0.3) is 36.5 Å². The van der Waals surface area contributed by atoms with Gasteiger partial charge in [0.05, 0.1) is 22.2 Å². The van der Waals surface area contributed by atoms with Crippen molar-refractivity contribution in [3.8, 4) is 0 Å². The molecule has 3 heterocycles. The van der Waals surface area contributed by atoms with E-state index in [1.165, 1.54) is 4.70 Å². The number of hydrogen-bond donors (Lipinski definition) is 2. The van der Waals surface area contributed by atoms with Crippen molar-refractivity contribution in [1.82, 2.24) is 0 Å². The Morgan fingerprint density at radius 2 is 1.59 bits per heavy atom. The topological polar surface area (TPSA) is 116 Å². The minimum Gasteiger partial charge on any atom is -0.334 e. The third-order valence-corrected chi connectivity index (χ3v) is 12.7. The Balaban J connectivity index is 1.42. The number of allylic oxidation sites excluding steroid dienone is 2.